The van der Waals surface area contributed by atoms with Crippen molar-refractivity contribution >= 4 is 11.0 Å². The second kappa shape index (κ2) is 4.26. The van der Waals surface area contributed by atoms with E-state index in [1.165, 1.54) is 0 Å². The number of hydrogen-bond acceptors (Lipinski definition) is 2. The van der Waals surface area contributed by atoms with Crippen LogP contribution < -0.4 is 5.73 Å². The normalized spacial score (nSPS) is 11.2. The van der Waals surface area contributed by atoms with Crippen LogP contribution in [0, 0.1) is 12.7 Å². The molecule has 0 atom stereocenters. The molecule has 0 spiro atoms. The quantitative estimate of drug-likeness (QED) is 0.863. The Balaban J connectivity index is 2.72. The lowest BCUT2D eigenvalue weighted by molar-refractivity contribution is 0.514. The van der Waals surface area contributed by atoms with Gasteiger partial charge in [0.1, 0.15) is 5.76 Å². The van der Waals surface area contributed by atoms with Crippen molar-refractivity contribution in [3.8, 4) is 0 Å². The van der Waals surface area contributed by atoms with E-state index in [0.717, 1.165) is 23.8 Å². The van der Waals surface area contributed by atoms with E-state index in [1.807, 2.05) is 6.07 Å². The van der Waals surface area contributed by atoms with Crippen molar-refractivity contribution in [1.29, 1.82) is 0 Å². The summed E-state index contributed by atoms with van der Waals surface area (Å²) < 4.78 is 19.3. The molecular weight excluding hydrogens is 205 g/mol. The van der Waals surface area contributed by atoms with Crippen molar-refractivity contribution in [2.45, 2.75) is 33.2 Å². The van der Waals surface area contributed by atoms with E-state index in [1.54, 1.807) is 13.0 Å². The van der Waals surface area contributed by atoms with Crippen LogP contribution in [-0.4, -0.2) is 0 Å². The number of benzene rings is 1. The molecule has 3 heteroatoms. The molecule has 0 aliphatic carbocycles. The molecule has 1 heterocycles. The van der Waals surface area contributed by atoms with Crippen LogP contribution in [-0.2, 0) is 13.0 Å². The topological polar surface area (TPSA) is 39.2 Å². The van der Waals surface area contributed by atoms with Gasteiger partial charge in [-0.15, -0.1) is 0 Å². The average Bonchev–Trinajstić information content (AvgIpc) is 2.63. The summed E-state index contributed by atoms with van der Waals surface area (Å²) in [6, 6.07) is 3.70. The van der Waals surface area contributed by atoms with Gasteiger partial charge in [-0.25, -0.2) is 4.39 Å². The van der Waals surface area contributed by atoms with Gasteiger partial charge in [0, 0.05) is 10.9 Å². The molecule has 2 N–H and O–H groups in total. The number of hydrogen-bond donors (Lipinski definition) is 1. The fourth-order valence-corrected chi connectivity index (χ4v) is 2.02. The summed E-state index contributed by atoms with van der Waals surface area (Å²) in [5.41, 5.74) is 7.63. The summed E-state index contributed by atoms with van der Waals surface area (Å²) in [4.78, 5) is 0. The number of nitrogens with two attached hydrogens (primary N) is 1. The van der Waals surface area contributed by atoms with E-state index in [-0.39, 0.29) is 5.82 Å². The predicted octanol–water partition coefficient (Wildman–Crippen LogP) is 3.29. The van der Waals surface area contributed by atoms with Crippen LogP contribution in [0.3, 0.4) is 0 Å². The molecule has 2 rings (SSSR count). The van der Waals surface area contributed by atoms with Gasteiger partial charge in [-0.3, -0.25) is 0 Å². The van der Waals surface area contributed by atoms with Crippen LogP contribution in [0.15, 0.2) is 16.5 Å². The minimum Gasteiger partial charge on any atom is -0.456 e. The molecule has 0 saturated heterocycles. The third-order valence-corrected chi connectivity index (χ3v) is 2.86. The molecule has 0 aliphatic rings. The van der Waals surface area contributed by atoms with E-state index < -0.39 is 0 Å². The summed E-state index contributed by atoms with van der Waals surface area (Å²) in [5.74, 6) is 0.441. The zero-order valence-electron chi connectivity index (χ0n) is 9.64. The molecule has 0 amide bonds. The number of aryl methyl sites for hydroxylation is 2. The molecule has 1 aromatic carbocycles. The van der Waals surface area contributed by atoms with Gasteiger partial charge in [-0.1, -0.05) is 25.5 Å². The van der Waals surface area contributed by atoms with Crippen molar-refractivity contribution in [3.05, 3.63) is 34.8 Å². The number of fused-ring (bicyclic) bond motifs is 1. The minimum absolute atomic E-state index is 0.269. The van der Waals surface area contributed by atoms with E-state index in [4.69, 9.17) is 10.2 Å². The fourth-order valence-electron chi connectivity index (χ4n) is 2.02. The highest BCUT2D eigenvalue weighted by Crippen LogP contribution is 2.30. The molecule has 86 valence electrons. The summed E-state index contributed by atoms with van der Waals surface area (Å²) in [5, 5.41) is 0.866. The van der Waals surface area contributed by atoms with E-state index in [2.05, 4.69) is 6.92 Å². The number of halogens is 1. The first-order valence-electron chi connectivity index (χ1n) is 5.58. The minimum atomic E-state index is -0.269. The zero-order chi connectivity index (χ0) is 11.7. The van der Waals surface area contributed by atoms with Gasteiger partial charge in [0.25, 0.3) is 0 Å². The molecule has 0 fully saturated rings. The van der Waals surface area contributed by atoms with Crippen molar-refractivity contribution in [1.82, 2.24) is 0 Å². The van der Waals surface area contributed by atoms with Gasteiger partial charge in [-0.2, -0.15) is 0 Å². The molecule has 2 aromatic rings. The highest BCUT2D eigenvalue weighted by atomic mass is 19.1. The Hall–Kier alpha value is -1.35. The molecule has 1 aromatic heterocycles. The average molecular weight is 221 g/mol. The molecule has 0 bridgehead atoms. The van der Waals surface area contributed by atoms with Gasteiger partial charge < -0.3 is 10.2 Å². The van der Waals surface area contributed by atoms with Gasteiger partial charge in [0.05, 0.1) is 6.54 Å². The van der Waals surface area contributed by atoms with Crippen LogP contribution in [0.5, 0.6) is 0 Å². The van der Waals surface area contributed by atoms with Crippen molar-refractivity contribution in [3.63, 3.8) is 0 Å². The molecule has 16 heavy (non-hydrogen) atoms. The third-order valence-electron chi connectivity index (χ3n) is 2.86. The van der Waals surface area contributed by atoms with Crippen LogP contribution in [0.2, 0.25) is 0 Å². The Kier molecular flexibility index (Phi) is 2.97. The molecule has 0 radical (unpaired) electrons. The summed E-state index contributed by atoms with van der Waals surface area (Å²) in [6.07, 6.45) is 1.87. The second-order valence-corrected chi connectivity index (χ2v) is 4.03. The number of rotatable bonds is 3. The van der Waals surface area contributed by atoms with Gasteiger partial charge in [-0.05, 0) is 18.9 Å². The highest BCUT2D eigenvalue weighted by molar-refractivity contribution is 5.83. The lowest BCUT2D eigenvalue weighted by Crippen LogP contribution is -1.98. The Bertz CT molecular complexity index is 516. The predicted molar refractivity (Wildman–Crippen MR) is 62.8 cm³/mol. The van der Waals surface area contributed by atoms with Gasteiger partial charge in [0.15, 0.2) is 11.4 Å². The van der Waals surface area contributed by atoms with E-state index >= 15 is 0 Å². The van der Waals surface area contributed by atoms with Gasteiger partial charge in [0.2, 0.25) is 0 Å². The second-order valence-electron chi connectivity index (χ2n) is 4.03. The monoisotopic (exact) mass is 221 g/mol. The lowest BCUT2D eigenvalue weighted by atomic mass is 10.0. The first-order chi connectivity index (χ1) is 7.69. The molecule has 0 aliphatic heterocycles. The maximum absolute atomic E-state index is 13.8. The maximum atomic E-state index is 13.8. The third kappa shape index (κ3) is 1.61. The van der Waals surface area contributed by atoms with Crippen molar-refractivity contribution in [2.24, 2.45) is 5.73 Å². The van der Waals surface area contributed by atoms with Crippen LogP contribution in [0.4, 0.5) is 4.39 Å². The van der Waals surface area contributed by atoms with Crippen molar-refractivity contribution in [2.75, 3.05) is 0 Å². The first kappa shape index (κ1) is 11.1. The molecular formula is C13H16FNO. The van der Waals surface area contributed by atoms with Gasteiger partial charge >= 0.3 is 0 Å². The Morgan fingerprint density at radius 1 is 1.38 bits per heavy atom. The largest absolute Gasteiger partial charge is 0.456 e. The Labute approximate surface area is 94.2 Å². The summed E-state index contributed by atoms with van der Waals surface area (Å²) in [7, 11) is 0. The van der Waals surface area contributed by atoms with Crippen LogP contribution in [0.1, 0.15) is 30.2 Å². The molecule has 0 unspecified atom stereocenters. The fraction of sp³-hybridized carbons (Fsp3) is 0.385. The van der Waals surface area contributed by atoms with E-state index in [9.17, 15) is 4.39 Å². The van der Waals surface area contributed by atoms with E-state index in [0.29, 0.717) is 23.5 Å². The van der Waals surface area contributed by atoms with Crippen LogP contribution >= 0.6 is 0 Å². The number of furan rings is 1. The highest BCUT2D eigenvalue weighted by Gasteiger charge is 2.16. The first-order valence-corrected chi connectivity index (χ1v) is 5.58. The SMILES string of the molecule is CCCc1c(CN)oc2c(F)c(C)ccc12. The zero-order valence-corrected chi connectivity index (χ0v) is 9.64. The Morgan fingerprint density at radius 2 is 2.12 bits per heavy atom. The molecule has 2 nitrogen and oxygen atoms in total. The standard InChI is InChI=1S/C13H16FNO/c1-3-4-9-10-6-5-8(2)12(14)13(10)16-11(9)7-15/h5-6H,3-4,7,15H2,1-2H3. The Morgan fingerprint density at radius 3 is 2.75 bits per heavy atom. The van der Waals surface area contributed by atoms with Crippen LogP contribution in [0.25, 0.3) is 11.0 Å². The lowest BCUT2D eigenvalue weighted by Gasteiger charge is -1.98. The summed E-state index contributed by atoms with van der Waals surface area (Å²) in [6.45, 7) is 4.14. The molecule has 0 saturated carbocycles. The maximum Gasteiger partial charge on any atom is 0.170 e. The van der Waals surface area contributed by atoms with Crippen molar-refractivity contribution < 1.29 is 8.81 Å². The smallest absolute Gasteiger partial charge is 0.170 e. The summed E-state index contributed by atoms with van der Waals surface area (Å²) >= 11 is 0.